The minimum atomic E-state index is -0.288. The maximum Gasteiger partial charge on any atom is 0.247 e. The van der Waals surface area contributed by atoms with E-state index in [1.807, 2.05) is 19.3 Å². The first-order valence-electron chi connectivity index (χ1n) is 8.17. The van der Waals surface area contributed by atoms with Gasteiger partial charge in [0.1, 0.15) is 11.3 Å². The van der Waals surface area contributed by atoms with Crippen molar-refractivity contribution in [2.45, 2.75) is 0 Å². The summed E-state index contributed by atoms with van der Waals surface area (Å²) in [6.45, 7) is 3.43. The van der Waals surface area contributed by atoms with Crippen molar-refractivity contribution in [3.8, 4) is 22.9 Å². The number of ether oxygens (including phenoxy) is 1. The Bertz CT molecular complexity index is 1140. The number of nitrogens with one attached hydrogen (secondary N) is 2. The van der Waals surface area contributed by atoms with Gasteiger partial charge in [-0.1, -0.05) is 12.6 Å². The fraction of sp³-hybridized carbons (Fsp3) is 0.0526. The van der Waals surface area contributed by atoms with E-state index < -0.39 is 0 Å². The Hall–Kier alpha value is -3.94. The van der Waals surface area contributed by atoms with Crippen LogP contribution in [-0.2, 0) is 11.8 Å². The van der Waals surface area contributed by atoms with E-state index in [2.05, 4.69) is 31.9 Å². The van der Waals surface area contributed by atoms with Gasteiger partial charge < -0.3 is 15.0 Å². The fourth-order valence-corrected chi connectivity index (χ4v) is 2.60. The third kappa shape index (κ3) is 3.54. The summed E-state index contributed by atoms with van der Waals surface area (Å²) in [5.41, 5.74) is 3.78. The molecule has 0 saturated carbocycles. The number of hydrogen-bond donors (Lipinski definition) is 2. The number of aromatic amines is 1. The van der Waals surface area contributed by atoms with Gasteiger partial charge in [0, 0.05) is 30.6 Å². The highest BCUT2D eigenvalue weighted by Crippen LogP contribution is 2.26. The monoisotopic (exact) mass is 360 g/mol. The van der Waals surface area contributed by atoms with Gasteiger partial charge in [-0.05, 0) is 24.3 Å². The zero-order chi connectivity index (χ0) is 18.8. The second-order valence-electron chi connectivity index (χ2n) is 5.85. The smallest absolute Gasteiger partial charge is 0.247 e. The van der Waals surface area contributed by atoms with Crippen molar-refractivity contribution in [3.05, 3.63) is 61.6 Å². The van der Waals surface area contributed by atoms with E-state index in [0.29, 0.717) is 28.5 Å². The minimum Gasteiger partial charge on any atom is -0.437 e. The molecule has 1 amide bonds. The quantitative estimate of drug-likeness (QED) is 0.532. The number of fused-ring (bicyclic) bond motifs is 1. The molecule has 0 spiro atoms. The molecule has 0 aliphatic heterocycles. The van der Waals surface area contributed by atoms with E-state index in [0.717, 1.165) is 11.3 Å². The zero-order valence-electron chi connectivity index (χ0n) is 14.5. The predicted octanol–water partition coefficient (Wildman–Crippen LogP) is 3.28. The number of H-pyrrole nitrogens is 1. The van der Waals surface area contributed by atoms with Crippen molar-refractivity contribution in [1.29, 1.82) is 0 Å². The molecule has 134 valence electrons. The molecule has 0 saturated heterocycles. The van der Waals surface area contributed by atoms with Crippen LogP contribution >= 0.6 is 0 Å². The summed E-state index contributed by atoms with van der Waals surface area (Å²) in [6.07, 6.45) is 6.43. The van der Waals surface area contributed by atoms with E-state index in [1.54, 1.807) is 41.3 Å². The number of aryl methyl sites for hydroxylation is 1. The van der Waals surface area contributed by atoms with E-state index in [4.69, 9.17) is 4.74 Å². The molecule has 4 aromatic rings. The predicted molar refractivity (Wildman–Crippen MR) is 101 cm³/mol. The van der Waals surface area contributed by atoms with Crippen molar-refractivity contribution in [2.75, 3.05) is 5.32 Å². The molecule has 0 aliphatic rings. The maximum absolute atomic E-state index is 11.4. The number of benzene rings is 1. The summed E-state index contributed by atoms with van der Waals surface area (Å²) in [5.74, 6) is 0.601. The van der Waals surface area contributed by atoms with Crippen LogP contribution < -0.4 is 10.1 Å². The lowest BCUT2D eigenvalue weighted by Crippen LogP contribution is -2.07. The lowest BCUT2D eigenvalue weighted by molar-refractivity contribution is -0.111. The Morgan fingerprint density at radius 2 is 2.22 bits per heavy atom. The van der Waals surface area contributed by atoms with E-state index in [9.17, 15) is 4.79 Å². The van der Waals surface area contributed by atoms with Gasteiger partial charge in [-0.2, -0.15) is 5.10 Å². The standard InChI is InChI=1S/C19H16N6O2/c1-3-17(26)22-13-5-4-6-14(7-13)27-18-10-20-19-16(23-18)8-15(24-19)12-9-21-25(2)11-12/h3-11H,1H2,2H3,(H,20,24)(H,22,26). The molecule has 0 fully saturated rings. The van der Waals surface area contributed by atoms with Gasteiger partial charge in [0.25, 0.3) is 0 Å². The average Bonchev–Trinajstić information content (AvgIpc) is 3.27. The molecule has 3 aromatic heterocycles. The minimum absolute atomic E-state index is 0.288. The largest absolute Gasteiger partial charge is 0.437 e. The highest BCUT2D eigenvalue weighted by molar-refractivity contribution is 5.98. The summed E-state index contributed by atoms with van der Waals surface area (Å²) >= 11 is 0. The number of carbonyl (C=O) groups excluding carboxylic acids is 1. The van der Waals surface area contributed by atoms with Gasteiger partial charge in [0.2, 0.25) is 11.8 Å². The van der Waals surface area contributed by atoms with Crippen molar-refractivity contribution >= 4 is 22.8 Å². The molecule has 0 radical (unpaired) electrons. The van der Waals surface area contributed by atoms with Crippen LogP contribution in [0.25, 0.3) is 22.4 Å². The van der Waals surface area contributed by atoms with Crippen molar-refractivity contribution in [3.63, 3.8) is 0 Å². The molecule has 8 nitrogen and oxygen atoms in total. The zero-order valence-corrected chi connectivity index (χ0v) is 14.5. The van der Waals surface area contributed by atoms with Gasteiger partial charge in [-0.3, -0.25) is 9.48 Å². The van der Waals surface area contributed by atoms with E-state index >= 15 is 0 Å². The number of anilines is 1. The van der Waals surface area contributed by atoms with Crippen LogP contribution in [0.1, 0.15) is 0 Å². The van der Waals surface area contributed by atoms with Crippen LogP contribution in [0.5, 0.6) is 11.6 Å². The molecular formula is C19H16N6O2. The molecule has 8 heteroatoms. The Morgan fingerprint density at radius 1 is 1.33 bits per heavy atom. The number of rotatable bonds is 5. The lowest BCUT2D eigenvalue weighted by Gasteiger charge is -2.07. The molecule has 0 aliphatic carbocycles. The van der Waals surface area contributed by atoms with Crippen LogP contribution in [0.4, 0.5) is 5.69 Å². The Kier molecular flexibility index (Phi) is 4.13. The SMILES string of the molecule is C=CC(=O)Nc1cccc(Oc2cnc3[nH]c(-c4cnn(C)c4)cc3n2)c1. The van der Waals surface area contributed by atoms with Crippen LogP contribution in [0.2, 0.25) is 0 Å². The summed E-state index contributed by atoms with van der Waals surface area (Å²) in [4.78, 5) is 23.5. The van der Waals surface area contributed by atoms with Crippen LogP contribution in [0.15, 0.2) is 61.6 Å². The highest BCUT2D eigenvalue weighted by Gasteiger charge is 2.09. The number of hydrogen-bond acceptors (Lipinski definition) is 5. The number of nitrogens with zero attached hydrogens (tertiary/aromatic N) is 4. The van der Waals surface area contributed by atoms with Crippen molar-refractivity contribution in [2.24, 2.45) is 7.05 Å². The second kappa shape index (κ2) is 6.75. The van der Waals surface area contributed by atoms with Gasteiger partial charge in [-0.15, -0.1) is 0 Å². The normalized spacial score (nSPS) is 10.7. The summed E-state index contributed by atoms with van der Waals surface area (Å²) in [5, 5.41) is 6.85. The Labute approximate surface area is 154 Å². The summed E-state index contributed by atoms with van der Waals surface area (Å²) in [7, 11) is 1.86. The first kappa shape index (κ1) is 16.5. The lowest BCUT2D eigenvalue weighted by atomic mass is 10.2. The molecule has 3 heterocycles. The molecule has 0 unspecified atom stereocenters. The topological polar surface area (TPSA) is 97.7 Å². The van der Waals surface area contributed by atoms with Crippen LogP contribution in [-0.4, -0.2) is 30.6 Å². The van der Waals surface area contributed by atoms with E-state index in [-0.39, 0.29) is 5.91 Å². The van der Waals surface area contributed by atoms with Crippen LogP contribution in [0, 0.1) is 0 Å². The average molecular weight is 360 g/mol. The van der Waals surface area contributed by atoms with Gasteiger partial charge in [-0.25, -0.2) is 9.97 Å². The molecule has 0 bridgehead atoms. The number of amides is 1. The van der Waals surface area contributed by atoms with Crippen molar-refractivity contribution < 1.29 is 9.53 Å². The van der Waals surface area contributed by atoms with Gasteiger partial charge in [0.15, 0.2) is 5.65 Å². The third-order valence-electron chi connectivity index (χ3n) is 3.84. The molecular weight excluding hydrogens is 344 g/mol. The first-order chi connectivity index (χ1) is 13.1. The van der Waals surface area contributed by atoms with Crippen LogP contribution in [0.3, 0.4) is 0 Å². The van der Waals surface area contributed by atoms with E-state index in [1.165, 1.54) is 6.08 Å². The molecule has 1 aromatic carbocycles. The maximum atomic E-state index is 11.4. The summed E-state index contributed by atoms with van der Waals surface area (Å²) in [6, 6.07) is 8.90. The van der Waals surface area contributed by atoms with Gasteiger partial charge >= 0.3 is 0 Å². The highest BCUT2D eigenvalue weighted by atomic mass is 16.5. The molecule has 4 rings (SSSR count). The number of carbonyl (C=O) groups is 1. The first-order valence-corrected chi connectivity index (χ1v) is 8.17. The number of aromatic nitrogens is 5. The molecule has 2 N–H and O–H groups in total. The molecule has 0 atom stereocenters. The van der Waals surface area contributed by atoms with Gasteiger partial charge in [0.05, 0.1) is 18.1 Å². The third-order valence-corrected chi connectivity index (χ3v) is 3.84. The molecule has 27 heavy (non-hydrogen) atoms. The fourth-order valence-electron chi connectivity index (χ4n) is 2.60. The second-order valence-corrected chi connectivity index (χ2v) is 5.85. The Balaban J connectivity index is 1.58. The summed E-state index contributed by atoms with van der Waals surface area (Å²) < 4.78 is 7.51. The Morgan fingerprint density at radius 3 is 3.00 bits per heavy atom. The van der Waals surface area contributed by atoms with Crippen molar-refractivity contribution in [1.82, 2.24) is 24.7 Å².